The number of hydrogen-bond donors (Lipinski definition) is 1. The molecule has 20 heavy (non-hydrogen) atoms. The van der Waals surface area contributed by atoms with Crippen LogP contribution in [0.2, 0.25) is 0 Å². The van der Waals surface area contributed by atoms with Crippen LogP contribution in [0.25, 0.3) is 11.4 Å². The van der Waals surface area contributed by atoms with Gasteiger partial charge < -0.3 is 5.32 Å². The molecule has 0 aromatic carbocycles. The average Bonchev–Trinajstić information content (AvgIpc) is 2.74. The van der Waals surface area contributed by atoms with E-state index in [1.54, 1.807) is 4.68 Å². The Bertz CT molecular complexity index is 588. The molecule has 0 aliphatic carbocycles. The smallest absolute Gasteiger partial charge is 0.157 e. The van der Waals surface area contributed by atoms with Crippen molar-refractivity contribution in [1.29, 1.82) is 0 Å². The van der Waals surface area contributed by atoms with Gasteiger partial charge in [0.2, 0.25) is 0 Å². The van der Waals surface area contributed by atoms with Crippen molar-refractivity contribution < 1.29 is 0 Å². The first-order valence-corrected chi connectivity index (χ1v) is 7.54. The van der Waals surface area contributed by atoms with Crippen molar-refractivity contribution in [3.05, 3.63) is 16.0 Å². The topological polar surface area (TPSA) is 68.5 Å². The summed E-state index contributed by atoms with van der Waals surface area (Å²) in [5, 5.41) is 11.4. The zero-order valence-electron chi connectivity index (χ0n) is 12.2. The molecule has 7 heteroatoms. The highest BCUT2D eigenvalue weighted by atomic mass is 79.9. The van der Waals surface area contributed by atoms with Crippen molar-refractivity contribution in [1.82, 2.24) is 25.0 Å². The van der Waals surface area contributed by atoms with Gasteiger partial charge in [0.25, 0.3) is 0 Å². The lowest BCUT2D eigenvalue weighted by atomic mass is 10.1. The third-order valence-corrected chi connectivity index (χ3v) is 3.55. The average molecular weight is 339 g/mol. The van der Waals surface area contributed by atoms with E-state index < -0.39 is 0 Å². The molecule has 2 aromatic heterocycles. The second kappa shape index (κ2) is 6.30. The van der Waals surface area contributed by atoms with Gasteiger partial charge in [0.1, 0.15) is 17.3 Å². The van der Waals surface area contributed by atoms with Crippen LogP contribution >= 0.6 is 15.9 Å². The number of halogens is 1. The molecule has 0 unspecified atom stereocenters. The Morgan fingerprint density at radius 3 is 2.55 bits per heavy atom. The zero-order valence-corrected chi connectivity index (χ0v) is 13.8. The van der Waals surface area contributed by atoms with Gasteiger partial charge >= 0.3 is 0 Å². The molecule has 2 aromatic rings. The summed E-state index contributed by atoms with van der Waals surface area (Å²) in [4.78, 5) is 9.28. The van der Waals surface area contributed by atoms with Crippen molar-refractivity contribution in [3.63, 3.8) is 0 Å². The summed E-state index contributed by atoms with van der Waals surface area (Å²) in [6.07, 6.45) is 1.87. The van der Waals surface area contributed by atoms with Crippen LogP contribution in [-0.4, -0.2) is 31.5 Å². The molecule has 0 aliphatic rings. The van der Waals surface area contributed by atoms with Gasteiger partial charge in [-0.25, -0.2) is 14.6 Å². The molecule has 0 aliphatic heterocycles. The van der Waals surface area contributed by atoms with Gasteiger partial charge in [-0.05, 0) is 36.2 Å². The third-order valence-electron chi connectivity index (χ3n) is 3.02. The lowest BCUT2D eigenvalue weighted by Crippen LogP contribution is -2.09. The Hall–Kier alpha value is -1.50. The Kier molecular flexibility index (Phi) is 4.69. The maximum atomic E-state index is 4.69. The predicted octanol–water partition coefficient (Wildman–Crippen LogP) is 2.73. The second-order valence-corrected chi connectivity index (χ2v) is 5.35. The van der Waals surface area contributed by atoms with Crippen molar-refractivity contribution in [2.45, 2.75) is 33.6 Å². The number of aryl methyl sites for hydroxylation is 2. The molecule has 0 saturated carbocycles. The Balaban J connectivity index is 2.61. The van der Waals surface area contributed by atoms with Crippen molar-refractivity contribution in [3.8, 4) is 11.4 Å². The van der Waals surface area contributed by atoms with Crippen LogP contribution in [0.4, 0.5) is 5.82 Å². The summed E-state index contributed by atoms with van der Waals surface area (Å²) in [5.41, 5.74) is 2.76. The van der Waals surface area contributed by atoms with Gasteiger partial charge in [-0.1, -0.05) is 12.1 Å². The minimum absolute atomic E-state index is 0.701. The predicted molar refractivity (Wildman–Crippen MR) is 82.6 cm³/mol. The molecule has 0 bridgehead atoms. The number of hydrogen-bond acceptors (Lipinski definition) is 5. The molecule has 0 spiro atoms. The van der Waals surface area contributed by atoms with E-state index in [9.17, 15) is 0 Å². The standard InChI is InChI=1S/C13H19BrN6/c1-5-7-9-16-10(8(3)13(17-9)15-6-2)11-12(14)18-19-20(11)4/h5-7H2,1-4H3,(H,15,16,17). The van der Waals surface area contributed by atoms with Gasteiger partial charge in [-0.15, -0.1) is 5.10 Å². The number of nitrogens with one attached hydrogen (secondary N) is 1. The van der Waals surface area contributed by atoms with Gasteiger partial charge in [-0.2, -0.15) is 0 Å². The van der Waals surface area contributed by atoms with Crippen LogP contribution in [-0.2, 0) is 13.5 Å². The summed E-state index contributed by atoms with van der Waals surface area (Å²) in [7, 11) is 1.86. The van der Waals surface area contributed by atoms with Crippen molar-refractivity contribution >= 4 is 21.7 Å². The van der Waals surface area contributed by atoms with E-state index in [1.807, 2.05) is 14.0 Å². The highest BCUT2D eigenvalue weighted by Gasteiger charge is 2.18. The minimum Gasteiger partial charge on any atom is -0.370 e. The lowest BCUT2D eigenvalue weighted by Gasteiger charge is -2.13. The Labute approximate surface area is 127 Å². The highest BCUT2D eigenvalue weighted by Crippen LogP contribution is 2.29. The first-order chi connectivity index (χ1) is 9.58. The molecule has 0 fully saturated rings. The number of nitrogens with zero attached hydrogens (tertiary/aromatic N) is 5. The monoisotopic (exact) mass is 338 g/mol. The maximum absolute atomic E-state index is 4.69. The summed E-state index contributed by atoms with van der Waals surface area (Å²) >= 11 is 3.44. The summed E-state index contributed by atoms with van der Waals surface area (Å²) in [6, 6.07) is 0. The number of aromatic nitrogens is 5. The highest BCUT2D eigenvalue weighted by molar-refractivity contribution is 9.10. The van der Waals surface area contributed by atoms with Crippen LogP contribution in [0.15, 0.2) is 4.60 Å². The molecule has 0 saturated heterocycles. The lowest BCUT2D eigenvalue weighted by molar-refractivity contribution is 0.716. The fraction of sp³-hybridized carbons (Fsp3) is 0.538. The fourth-order valence-electron chi connectivity index (χ4n) is 2.05. The maximum Gasteiger partial charge on any atom is 0.157 e. The van der Waals surface area contributed by atoms with Crippen LogP contribution in [0, 0.1) is 6.92 Å². The second-order valence-electron chi connectivity index (χ2n) is 4.59. The summed E-state index contributed by atoms with van der Waals surface area (Å²) in [5.74, 6) is 1.73. The van der Waals surface area contributed by atoms with Crippen molar-refractivity contribution in [2.24, 2.45) is 7.05 Å². The molecule has 2 heterocycles. The van der Waals surface area contributed by atoms with E-state index in [1.165, 1.54) is 0 Å². The van der Waals surface area contributed by atoms with Gasteiger partial charge in [0.05, 0.1) is 5.69 Å². The molecule has 6 nitrogen and oxygen atoms in total. The van der Waals surface area contributed by atoms with Gasteiger partial charge in [0.15, 0.2) is 4.60 Å². The van der Waals surface area contributed by atoms with E-state index in [0.717, 1.165) is 48.0 Å². The van der Waals surface area contributed by atoms with Crippen LogP contribution < -0.4 is 5.32 Å². The van der Waals surface area contributed by atoms with E-state index in [4.69, 9.17) is 0 Å². The van der Waals surface area contributed by atoms with Gasteiger partial charge in [0, 0.05) is 25.6 Å². The summed E-state index contributed by atoms with van der Waals surface area (Å²) in [6.45, 7) is 7.02. The molecule has 1 N–H and O–H groups in total. The molecular formula is C13H19BrN6. The molecular weight excluding hydrogens is 320 g/mol. The first kappa shape index (κ1) is 14.9. The largest absolute Gasteiger partial charge is 0.370 e. The van der Waals surface area contributed by atoms with Crippen LogP contribution in [0.1, 0.15) is 31.7 Å². The molecule has 0 atom stereocenters. The molecule has 2 rings (SSSR count). The number of rotatable bonds is 5. The zero-order chi connectivity index (χ0) is 14.7. The normalized spacial score (nSPS) is 10.8. The van der Waals surface area contributed by atoms with Crippen LogP contribution in [0.3, 0.4) is 0 Å². The van der Waals surface area contributed by atoms with Gasteiger partial charge in [-0.3, -0.25) is 0 Å². The molecule has 0 radical (unpaired) electrons. The van der Waals surface area contributed by atoms with E-state index in [2.05, 4.69) is 55.4 Å². The third kappa shape index (κ3) is 2.82. The Morgan fingerprint density at radius 1 is 1.25 bits per heavy atom. The first-order valence-electron chi connectivity index (χ1n) is 6.75. The van der Waals surface area contributed by atoms with E-state index in [0.29, 0.717) is 4.60 Å². The van der Waals surface area contributed by atoms with E-state index in [-0.39, 0.29) is 0 Å². The fourth-order valence-corrected chi connectivity index (χ4v) is 2.57. The Morgan fingerprint density at radius 2 is 2.00 bits per heavy atom. The summed E-state index contributed by atoms with van der Waals surface area (Å²) < 4.78 is 2.43. The number of anilines is 1. The molecule has 0 amide bonds. The quantitative estimate of drug-likeness (QED) is 0.907. The van der Waals surface area contributed by atoms with Crippen molar-refractivity contribution in [2.75, 3.05) is 11.9 Å². The molecule has 108 valence electrons. The van der Waals surface area contributed by atoms with E-state index >= 15 is 0 Å². The van der Waals surface area contributed by atoms with Crippen LogP contribution in [0.5, 0.6) is 0 Å². The SMILES string of the molecule is CCCc1nc(NCC)c(C)c(-c2c(Br)nnn2C)n1. The minimum atomic E-state index is 0.701.